The fraction of sp³-hybridized carbons (Fsp3) is 0.600. The van der Waals surface area contributed by atoms with Crippen molar-refractivity contribution in [3.63, 3.8) is 0 Å². The van der Waals surface area contributed by atoms with Gasteiger partial charge in [-0.3, -0.25) is 4.90 Å². The SMILES string of the molecule is Brc1ccsc1CN1CCC(c2nnc3n2CCNC3)CC1. The molecule has 4 heterocycles. The van der Waals surface area contributed by atoms with Crippen LogP contribution in [0.3, 0.4) is 0 Å². The first-order valence-corrected chi connectivity index (χ1v) is 9.55. The van der Waals surface area contributed by atoms with Gasteiger partial charge in [0, 0.05) is 34.9 Å². The summed E-state index contributed by atoms with van der Waals surface area (Å²) >= 11 is 5.47. The highest BCUT2D eigenvalue weighted by atomic mass is 79.9. The quantitative estimate of drug-likeness (QED) is 0.887. The zero-order chi connectivity index (χ0) is 14.9. The zero-order valence-corrected chi connectivity index (χ0v) is 14.9. The number of fused-ring (bicyclic) bond motifs is 1. The molecule has 0 atom stereocenters. The van der Waals surface area contributed by atoms with E-state index in [9.17, 15) is 0 Å². The van der Waals surface area contributed by atoms with Crippen molar-refractivity contribution in [3.05, 3.63) is 32.4 Å². The first-order chi connectivity index (χ1) is 10.8. The molecule has 0 saturated carbocycles. The highest BCUT2D eigenvalue weighted by Gasteiger charge is 2.27. The topological polar surface area (TPSA) is 46.0 Å². The summed E-state index contributed by atoms with van der Waals surface area (Å²) in [4.78, 5) is 3.99. The highest BCUT2D eigenvalue weighted by Crippen LogP contribution is 2.30. The molecule has 22 heavy (non-hydrogen) atoms. The summed E-state index contributed by atoms with van der Waals surface area (Å²) in [5.74, 6) is 2.89. The minimum atomic E-state index is 0.572. The van der Waals surface area contributed by atoms with E-state index in [0.717, 1.165) is 45.1 Å². The summed E-state index contributed by atoms with van der Waals surface area (Å²) < 4.78 is 3.59. The van der Waals surface area contributed by atoms with Gasteiger partial charge in [0.05, 0.1) is 6.54 Å². The Morgan fingerprint density at radius 2 is 2.14 bits per heavy atom. The van der Waals surface area contributed by atoms with E-state index in [1.54, 1.807) is 0 Å². The van der Waals surface area contributed by atoms with Crippen molar-refractivity contribution in [2.24, 2.45) is 0 Å². The standard InChI is InChI=1S/C15H20BrN5S/c16-12-3-8-22-13(12)10-20-5-1-11(2-6-20)15-19-18-14-9-17-4-7-21(14)15/h3,8,11,17H,1-2,4-7,9-10H2. The Morgan fingerprint density at radius 1 is 1.27 bits per heavy atom. The van der Waals surface area contributed by atoms with Gasteiger partial charge in [-0.2, -0.15) is 0 Å². The average Bonchev–Trinajstić information content (AvgIpc) is 3.15. The molecule has 0 radical (unpaired) electrons. The van der Waals surface area contributed by atoms with Gasteiger partial charge in [0.25, 0.3) is 0 Å². The molecule has 7 heteroatoms. The van der Waals surface area contributed by atoms with Gasteiger partial charge in [-0.25, -0.2) is 0 Å². The molecule has 2 aliphatic heterocycles. The van der Waals surface area contributed by atoms with Crippen LogP contribution in [0.25, 0.3) is 0 Å². The van der Waals surface area contributed by atoms with Crippen molar-refractivity contribution in [1.29, 1.82) is 0 Å². The first-order valence-electron chi connectivity index (χ1n) is 7.88. The molecule has 0 bridgehead atoms. The van der Waals surface area contributed by atoms with Crippen molar-refractivity contribution in [3.8, 4) is 0 Å². The zero-order valence-electron chi connectivity index (χ0n) is 12.5. The molecule has 2 aromatic heterocycles. The van der Waals surface area contributed by atoms with Crippen molar-refractivity contribution in [2.75, 3.05) is 19.6 Å². The molecule has 2 aliphatic rings. The molecule has 0 aromatic carbocycles. The number of hydrogen-bond acceptors (Lipinski definition) is 5. The fourth-order valence-corrected chi connectivity index (χ4v) is 4.93. The second-order valence-electron chi connectivity index (χ2n) is 6.04. The normalized spacial score (nSPS) is 20.2. The predicted octanol–water partition coefficient (Wildman–Crippen LogP) is 2.58. The number of aromatic nitrogens is 3. The van der Waals surface area contributed by atoms with Gasteiger partial charge in [0.15, 0.2) is 0 Å². The van der Waals surface area contributed by atoms with Crippen LogP contribution in [0.15, 0.2) is 15.9 Å². The lowest BCUT2D eigenvalue weighted by molar-refractivity contribution is 0.201. The minimum Gasteiger partial charge on any atom is -0.312 e. The maximum absolute atomic E-state index is 4.49. The number of rotatable bonds is 3. The van der Waals surface area contributed by atoms with E-state index in [2.05, 4.69) is 52.4 Å². The van der Waals surface area contributed by atoms with Crippen LogP contribution in [0.2, 0.25) is 0 Å². The maximum Gasteiger partial charge on any atom is 0.147 e. The van der Waals surface area contributed by atoms with E-state index in [0.29, 0.717) is 5.92 Å². The van der Waals surface area contributed by atoms with E-state index in [1.165, 1.54) is 28.0 Å². The van der Waals surface area contributed by atoms with Gasteiger partial charge < -0.3 is 9.88 Å². The maximum atomic E-state index is 4.49. The molecule has 2 aromatic rings. The summed E-state index contributed by atoms with van der Waals surface area (Å²) in [6, 6.07) is 2.14. The first kappa shape index (κ1) is 14.8. The summed E-state index contributed by atoms with van der Waals surface area (Å²) in [5, 5.41) is 14.4. The molecule has 4 rings (SSSR count). The lowest BCUT2D eigenvalue weighted by Gasteiger charge is -2.31. The molecule has 118 valence electrons. The van der Waals surface area contributed by atoms with E-state index in [1.807, 2.05) is 11.3 Å². The largest absolute Gasteiger partial charge is 0.312 e. The van der Waals surface area contributed by atoms with Gasteiger partial charge in [-0.1, -0.05) is 0 Å². The number of halogens is 1. The Hall–Kier alpha value is -0.760. The van der Waals surface area contributed by atoms with Crippen LogP contribution < -0.4 is 5.32 Å². The molecule has 0 aliphatic carbocycles. The van der Waals surface area contributed by atoms with E-state index < -0.39 is 0 Å². The predicted molar refractivity (Wildman–Crippen MR) is 91.0 cm³/mol. The number of likely N-dealkylation sites (tertiary alicyclic amines) is 1. The molecule has 1 saturated heterocycles. The fourth-order valence-electron chi connectivity index (χ4n) is 3.41. The molecule has 0 amide bonds. The number of nitrogens with zero attached hydrogens (tertiary/aromatic N) is 4. The lowest BCUT2D eigenvalue weighted by Crippen LogP contribution is -2.34. The van der Waals surface area contributed by atoms with Gasteiger partial charge in [-0.15, -0.1) is 21.5 Å². The van der Waals surface area contributed by atoms with Crippen LogP contribution >= 0.6 is 27.3 Å². The van der Waals surface area contributed by atoms with Gasteiger partial charge >= 0.3 is 0 Å². The van der Waals surface area contributed by atoms with Crippen molar-refractivity contribution >= 4 is 27.3 Å². The third kappa shape index (κ3) is 2.87. The Kier molecular flexibility index (Phi) is 4.30. The molecule has 0 spiro atoms. The second kappa shape index (κ2) is 6.39. The Bertz CT molecular complexity index is 644. The third-order valence-corrected chi connectivity index (χ3v) is 6.57. The van der Waals surface area contributed by atoms with Crippen LogP contribution in [-0.2, 0) is 19.6 Å². The number of hydrogen-bond donors (Lipinski definition) is 1. The Labute approximate surface area is 142 Å². The highest BCUT2D eigenvalue weighted by molar-refractivity contribution is 9.10. The van der Waals surface area contributed by atoms with Crippen LogP contribution in [0, 0.1) is 0 Å². The minimum absolute atomic E-state index is 0.572. The summed E-state index contributed by atoms with van der Waals surface area (Å²) in [5.41, 5.74) is 0. The smallest absolute Gasteiger partial charge is 0.147 e. The number of piperidine rings is 1. The summed E-state index contributed by atoms with van der Waals surface area (Å²) in [6.45, 7) is 6.26. The molecule has 5 nitrogen and oxygen atoms in total. The molecular weight excluding hydrogens is 362 g/mol. The van der Waals surface area contributed by atoms with Gasteiger partial charge in [-0.05, 0) is 53.3 Å². The van der Waals surface area contributed by atoms with Crippen LogP contribution in [0.5, 0.6) is 0 Å². The molecule has 1 N–H and O–H groups in total. The Morgan fingerprint density at radius 3 is 2.91 bits per heavy atom. The average molecular weight is 382 g/mol. The number of nitrogens with one attached hydrogen (secondary N) is 1. The van der Waals surface area contributed by atoms with Crippen LogP contribution in [-0.4, -0.2) is 39.3 Å². The van der Waals surface area contributed by atoms with Gasteiger partial charge in [0.2, 0.25) is 0 Å². The number of thiophene rings is 1. The Balaban J connectivity index is 1.40. The van der Waals surface area contributed by atoms with E-state index >= 15 is 0 Å². The van der Waals surface area contributed by atoms with Crippen molar-refractivity contribution < 1.29 is 0 Å². The molecule has 0 unspecified atom stereocenters. The third-order valence-electron chi connectivity index (χ3n) is 4.66. The van der Waals surface area contributed by atoms with E-state index in [-0.39, 0.29) is 0 Å². The van der Waals surface area contributed by atoms with Crippen molar-refractivity contribution in [2.45, 2.75) is 38.4 Å². The molecular formula is C15H20BrN5S. The van der Waals surface area contributed by atoms with Gasteiger partial charge in [0.1, 0.15) is 11.6 Å². The summed E-state index contributed by atoms with van der Waals surface area (Å²) in [7, 11) is 0. The van der Waals surface area contributed by atoms with Crippen LogP contribution in [0.4, 0.5) is 0 Å². The van der Waals surface area contributed by atoms with Crippen molar-refractivity contribution in [1.82, 2.24) is 25.0 Å². The summed E-state index contributed by atoms with van der Waals surface area (Å²) in [6.07, 6.45) is 2.38. The van der Waals surface area contributed by atoms with E-state index in [4.69, 9.17) is 0 Å². The monoisotopic (exact) mass is 381 g/mol. The lowest BCUT2D eigenvalue weighted by atomic mass is 9.95. The van der Waals surface area contributed by atoms with Crippen LogP contribution in [0.1, 0.15) is 35.3 Å². The second-order valence-corrected chi connectivity index (χ2v) is 7.90. The molecule has 1 fully saturated rings.